The second kappa shape index (κ2) is 8.37. The van der Waals surface area contributed by atoms with Gasteiger partial charge in [-0.1, -0.05) is 12.1 Å². The second-order valence-corrected chi connectivity index (χ2v) is 6.00. The first-order valence-electron chi connectivity index (χ1n) is 7.96. The van der Waals surface area contributed by atoms with Gasteiger partial charge in [-0.3, -0.25) is 4.79 Å². The highest BCUT2D eigenvalue weighted by atomic mass is 19.4. The molecule has 0 radical (unpaired) electrons. The van der Waals surface area contributed by atoms with Gasteiger partial charge in [0.05, 0.1) is 12.5 Å². The average molecular weight is 345 g/mol. The summed E-state index contributed by atoms with van der Waals surface area (Å²) in [5.74, 6) is -0.0259. The zero-order valence-corrected chi connectivity index (χ0v) is 13.6. The third-order valence-electron chi connectivity index (χ3n) is 4.04. The van der Waals surface area contributed by atoms with Crippen LogP contribution in [0.25, 0.3) is 0 Å². The lowest BCUT2D eigenvalue weighted by Gasteiger charge is -2.28. The minimum atomic E-state index is -4.38. The summed E-state index contributed by atoms with van der Waals surface area (Å²) in [6.45, 7) is -1.34. The molecular weight excluding hydrogens is 323 g/mol. The minimum Gasteiger partial charge on any atom is -0.484 e. The van der Waals surface area contributed by atoms with E-state index >= 15 is 0 Å². The van der Waals surface area contributed by atoms with Crippen molar-refractivity contribution < 1.29 is 27.4 Å². The molecule has 1 aliphatic carbocycles. The Hall–Kier alpha value is -1.76. The lowest BCUT2D eigenvalue weighted by molar-refractivity contribution is -0.153. The number of amides is 1. The van der Waals surface area contributed by atoms with E-state index in [0.717, 1.165) is 25.7 Å². The lowest BCUT2D eigenvalue weighted by Crippen LogP contribution is -2.39. The minimum absolute atomic E-state index is 0.109. The van der Waals surface area contributed by atoms with Gasteiger partial charge in [-0.05, 0) is 43.4 Å². The highest BCUT2D eigenvalue weighted by Gasteiger charge is 2.28. The molecule has 1 amide bonds. The number of nitrogens with one attached hydrogen (secondary N) is 1. The number of carbonyl (C=O) groups is 1. The van der Waals surface area contributed by atoms with E-state index in [1.165, 1.54) is 12.1 Å². The van der Waals surface area contributed by atoms with E-state index in [1.807, 2.05) is 0 Å². The van der Waals surface area contributed by atoms with E-state index in [4.69, 9.17) is 9.47 Å². The number of rotatable bonds is 6. The molecule has 0 heterocycles. The van der Waals surface area contributed by atoms with Crippen molar-refractivity contribution in [3.63, 3.8) is 0 Å². The summed E-state index contributed by atoms with van der Waals surface area (Å²) < 4.78 is 46.5. The Morgan fingerprint density at radius 1 is 1.25 bits per heavy atom. The molecule has 4 nitrogen and oxygen atoms in total. The fourth-order valence-electron chi connectivity index (χ4n) is 2.82. The van der Waals surface area contributed by atoms with E-state index in [1.54, 1.807) is 19.2 Å². The Morgan fingerprint density at radius 2 is 1.96 bits per heavy atom. The number of hydrogen-bond acceptors (Lipinski definition) is 3. The van der Waals surface area contributed by atoms with Crippen molar-refractivity contribution in [2.45, 2.75) is 50.4 Å². The Bertz CT molecular complexity index is 540. The quantitative estimate of drug-likeness (QED) is 0.861. The number of hydrogen-bond donors (Lipinski definition) is 1. The summed E-state index contributed by atoms with van der Waals surface area (Å²) in [5, 5.41) is 2.97. The van der Waals surface area contributed by atoms with Crippen LogP contribution in [0.2, 0.25) is 0 Å². The van der Waals surface area contributed by atoms with Crippen LogP contribution >= 0.6 is 0 Å². The summed E-state index contributed by atoms with van der Waals surface area (Å²) in [7, 11) is 1.69. The molecule has 1 aromatic carbocycles. The van der Waals surface area contributed by atoms with Crippen LogP contribution in [-0.2, 0) is 16.0 Å². The molecule has 2 rings (SSSR count). The molecule has 24 heavy (non-hydrogen) atoms. The van der Waals surface area contributed by atoms with Gasteiger partial charge in [0.15, 0.2) is 6.61 Å². The van der Waals surface area contributed by atoms with Gasteiger partial charge in [0.2, 0.25) is 5.91 Å². The molecule has 0 atom stereocenters. The molecule has 1 saturated carbocycles. The highest BCUT2D eigenvalue weighted by molar-refractivity contribution is 5.79. The van der Waals surface area contributed by atoms with Crippen LogP contribution in [0, 0.1) is 0 Å². The predicted octanol–water partition coefficient (Wildman–Crippen LogP) is 3.24. The summed E-state index contributed by atoms with van der Waals surface area (Å²) in [4.78, 5) is 12.1. The molecule has 1 aliphatic rings. The van der Waals surface area contributed by atoms with Crippen LogP contribution in [0.3, 0.4) is 0 Å². The fraction of sp³-hybridized carbons (Fsp3) is 0.588. The smallest absolute Gasteiger partial charge is 0.422 e. The Labute approximate surface area is 139 Å². The van der Waals surface area contributed by atoms with Crippen molar-refractivity contribution in [1.82, 2.24) is 5.32 Å². The van der Waals surface area contributed by atoms with Gasteiger partial charge in [0, 0.05) is 13.2 Å². The molecule has 0 spiro atoms. The van der Waals surface area contributed by atoms with Crippen molar-refractivity contribution in [3.05, 3.63) is 29.8 Å². The van der Waals surface area contributed by atoms with Gasteiger partial charge in [-0.25, -0.2) is 0 Å². The lowest BCUT2D eigenvalue weighted by atomic mass is 9.93. The second-order valence-electron chi connectivity index (χ2n) is 6.00. The average Bonchev–Trinajstić information content (AvgIpc) is 2.53. The first kappa shape index (κ1) is 18.6. The van der Waals surface area contributed by atoms with Crippen molar-refractivity contribution in [2.24, 2.45) is 0 Å². The van der Waals surface area contributed by atoms with Crippen LogP contribution in [0.5, 0.6) is 5.75 Å². The number of benzene rings is 1. The van der Waals surface area contributed by atoms with Crippen LogP contribution < -0.4 is 10.1 Å². The highest BCUT2D eigenvalue weighted by Crippen LogP contribution is 2.21. The molecule has 0 saturated heterocycles. The zero-order chi connectivity index (χ0) is 17.6. The van der Waals surface area contributed by atoms with E-state index in [9.17, 15) is 18.0 Å². The number of carbonyl (C=O) groups excluding carboxylic acids is 1. The molecule has 1 aromatic rings. The molecule has 0 aliphatic heterocycles. The number of halogens is 3. The number of methoxy groups -OCH3 is 1. The van der Waals surface area contributed by atoms with Crippen LogP contribution in [-0.4, -0.2) is 37.9 Å². The maximum Gasteiger partial charge on any atom is 0.422 e. The summed E-state index contributed by atoms with van der Waals surface area (Å²) in [6, 6.07) is 6.32. The fourth-order valence-corrected chi connectivity index (χ4v) is 2.82. The van der Waals surface area contributed by atoms with E-state index in [0.29, 0.717) is 5.56 Å². The van der Waals surface area contributed by atoms with E-state index in [2.05, 4.69) is 5.32 Å². The maximum absolute atomic E-state index is 12.2. The first-order chi connectivity index (χ1) is 11.4. The molecule has 0 aromatic heterocycles. The van der Waals surface area contributed by atoms with Crippen molar-refractivity contribution in [2.75, 3.05) is 13.7 Å². The van der Waals surface area contributed by atoms with Crippen molar-refractivity contribution >= 4 is 5.91 Å². The van der Waals surface area contributed by atoms with Crippen LogP contribution in [0.4, 0.5) is 13.2 Å². The number of alkyl halides is 3. The normalized spacial score (nSPS) is 21.3. The third kappa shape index (κ3) is 6.39. The largest absolute Gasteiger partial charge is 0.484 e. The molecule has 7 heteroatoms. The first-order valence-corrected chi connectivity index (χ1v) is 7.96. The van der Waals surface area contributed by atoms with Crippen LogP contribution in [0.15, 0.2) is 24.3 Å². The van der Waals surface area contributed by atoms with Gasteiger partial charge < -0.3 is 14.8 Å². The summed E-state index contributed by atoms with van der Waals surface area (Å²) in [5.41, 5.74) is 0.623. The monoisotopic (exact) mass is 345 g/mol. The molecular formula is C17H22F3NO3. The maximum atomic E-state index is 12.2. The van der Waals surface area contributed by atoms with E-state index < -0.39 is 12.8 Å². The summed E-state index contributed by atoms with van der Waals surface area (Å²) >= 11 is 0. The zero-order valence-electron chi connectivity index (χ0n) is 13.6. The van der Waals surface area contributed by atoms with Crippen LogP contribution in [0.1, 0.15) is 31.2 Å². The summed E-state index contributed by atoms with van der Waals surface area (Å²) in [6.07, 6.45) is -0.412. The van der Waals surface area contributed by atoms with Gasteiger partial charge in [0.1, 0.15) is 5.75 Å². The predicted molar refractivity (Wildman–Crippen MR) is 82.9 cm³/mol. The molecule has 1 fully saturated rings. The Balaban J connectivity index is 1.81. The van der Waals surface area contributed by atoms with Gasteiger partial charge in [-0.15, -0.1) is 0 Å². The van der Waals surface area contributed by atoms with Gasteiger partial charge in [0.25, 0.3) is 0 Å². The molecule has 134 valence electrons. The molecule has 0 unspecified atom stereocenters. The van der Waals surface area contributed by atoms with E-state index in [-0.39, 0.29) is 30.2 Å². The van der Waals surface area contributed by atoms with Crippen molar-refractivity contribution in [3.8, 4) is 5.75 Å². The van der Waals surface area contributed by atoms with Gasteiger partial charge >= 0.3 is 6.18 Å². The standard InChI is InChI=1S/C17H22F3NO3/c1-23-14-7-5-13(6-8-14)21-16(22)10-12-3-2-4-15(9-12)24-11-17(18,19)20/h2-4,9,13-14H,5-8,10-11H2,1H3,(H,21,22). The van der Waals surface area contributed by atoms with Crippen molar-refractivity contribution in [1.29, 1.82) is 0 Å². The molecule has 1 N–H and O–H groups in total. The van der Waals surface area contributed by atoms with Gasteiger partial charge in [-0.2, -0.15) is 13.2 Å². The topological polar surface area (TPSA) is 47.6 Å². The Kier molecular flexibility index (Phi) is 6.48. The third-order valence-corrected chi connectivity index (χ3v) is 4.04. The Morgan fingerprint density at radius 3 is 2.58 bits per heavy atom. The SMILES string of the molecule is COC1CCC(NC(=O)Cc2cccc(OCC(F)(F)F)c2)CC1. The molecule has 0 bridgehead atoms. The number of ether oxygens (including phenoxy) is 2.